The van der Waals surface area contributed by atoms with Crippen LogP contribution in [0.4, 0.5) is 0 Å². The van der Waals surface area contributed by atoms with Crippen molar-refractivity contribution < 1.29 is 4.79 Å². The Morgan fingerprint density at radius 2 is 2.00 bits per heavy atom. The quantitative estimate of drug-likeness (QED) is 0.875. The molecule has 0 aromatic heterocycles. The highest BCUT2D eigenvalue weighted by Crippen LogP contribution is 2.19. The van der Waals surface area contributed by atoms with E-state index in [2.05, 4.69) is 11.4 Å². The molecule has 1 rings (SSSR count). The lowest BCUT2D eigenvalue weighted by Gasteiger charge is -2.31. The number of hydrogen-bond donors (Lipinski definition) is 1. The second-order valence-electron chi connectivity index (χ2n) is 6.14. The van der Waals surface area contributed by atoms with Crippen LogP contribution in [0.2, 0.25) is 5.02 Å². The molecule has 0 fully saturated rings. The number of nitriles is 1. The van der Waals surface area contributed by atoms with Crippen molar-refractivity contribution in [2.45, 2.75) is 45.8 Å². The molecule has 0 saturated carbocycles. The fourth-order valence-electron chi connectivity index (χ4n) is 1.89. The van der Waals surface area contributed by atoms with Gasteiger partial charge in [-0.15, -0.1) is 0 Å². The Kier molecular flexibility index (Phi) is 6.40. The van der Waals surface area contributed by atoms with E-state index in [1.165, 1.54) is 0 Å². The molecule has 5 heteroatoms. The number of carbonyl (C=O) groups excluding carboxylic acids is 1. The summed E-state index contributed by atoms with van der Waals surface area (Å²) < 4.78 is 0. The third kappa shape index (κ3) is 4.46. The van der Waals surface area contributed by atoms with E-state index in [9.17, 15) is 10.1 Å². The summed E-state index contributed by atoms with van der Waals surface area (Å²) in [5.41, 5.74) is 0.106. The molecule has 2 unspecified atom stereocenters. The minimum absolute atomic E-state index is 0.0301. The molecule has 1 aromatic carbocycles. The number of amides is 1. The van der Waals surface area contributed by atoms with Crippen molar-refractivity contribution in [2.75, 3.05) is 7.05 Å². The molecule has 0 spiro atoms. The summed E-state index contributed by atoms with van der Waals surface area (Å²) in [7, 11) is 1.87. The second kappa shape index (κ2) is 7.62. The zero-order valence-electron chi connectivity index (χ0n) is 13.9. The standard InChI is InChI=1S/C17H24ClN3O/c1-12(2)17(4,11-19)20-16(22)13(3)21(5)10-14-8-6-7-9-15(14)18/h6-9,12-13H,10H2,1-5H3,(H,20,22). The lowest BCUT2D eigenvalue weighted by molar-refractivity contribution is -0.127. The van der Waals surface area contributed by atoms with Gasteiger partial charge in [-0.3, -0.25) is 9.69 Å². The van der Waals surface area contributed by atoms with Gasteiger partial charge in [0.1, 0.15) is 5.54 Å². The van der Waals surface area contributed by atoms with Crippen LogP contribution in [0.1, 0.15) is 33.3 Å². The molecule has 2 atom stereocenters. The predicted molar refractivity (Wildman–Crippen MR) is 89.4 cm³/mol. The van der Waals surface area contributed by atoms with Crippen LogP contribution in [0, 0.1) is 17.2 Å². The van der Waals surface area contributed by atoms with Crippen LogP contribution in [-0.4, -0.2) is 29.4 Å². The van der Waals surface area contributed by atoms with E-state index in [-0.39, 0.29) is 17.9 Å². The summed E-state index contributed by atoms with van der Waals surface area (Å²) in [5, 5.41) is 12.8. The average molecular weight is 322 g/mol. The summed E-state index contributed by atoms with van der Waals surface area (Å²) >= 11 is 6.15. The molecule has 1 aromatic rings. The SMILES string of the molecule is CC(C(=O)NC(C)(C#N)C(C)C)N(C)Cc1ccccc1Cl. The number of nitrogens with one attached hydrogen (secondary N) is 1. The van der Waals surface area contributed by atoms with E-state index < -0.39 is 5.54 Å². The van der Waals surface area contributed by atoms with Crippen molar-refractivity contribution in [3.63, 3.8) is 0 Å². The smallest absolute Gasteiger partial charge is 0.238 e. The topological polar surface area (TPSA) is 56.1 Å². The molecule has 4 nitrogen and oxygen atoms in total. The zero-order chi connectivity index (χ0) is 16.9. The predicted octanol–water partition coefficient (Wildman–Crippen LogP) is 3.21. The molecule has 0 aliphatic carbocycles. The number of hydrogen-bond acceptors (Lipinski definition) is 3. The maximum Gasteiger partial charge on any atom is 0.238 e. The molecule has 1 amide bonds. The Morgan fingerprint density at radius 3 is 2.50 bits per heavy atom. The Labute approximate surface area is 138 Å². The van der Waals surface area contributed by atoms with Crippen LogP contribution in [0.15, 0.2) is 24.3 Å². The molecule has 0 heterocycles. The first-order chi connectivity index (χ1) is 10.2. The van der Waals surface area contributed by atoms with E-state index in [0.29, 0.717) is 11.6 Å². The minimum Gasteiger partial charge on any atom is -0.336 e. The molecule has 0 saturated heterocycles. The summed E-state index contributed by atoms with van der Waals surface area (Å²) in [6.07, 6.45) is 0. The third-order valence-corrected chi connectivity index (χ3v) is 4.56. The fourth-order valence-corrected chi connectivity index (χ4v) is 2.09. The third-order valence-electron chi connectivity index (χ3n) is 4.19. The number of likely N-dealkylation sites (N-methyl/N-ethyl adjacent to an activating group) is 1. The van der Waals surface area contributed by atoms with Gasteiger partial charge in [0.25, 0.3) is 0 Å². The minimum atomic E-state index is -0.865. The van der Waals surface area contributed by atoms with Gasteiger partial charge < -0.3 is 5.32 Å². The van der Waals surface area contributed by atoms with Gasteiger partial charge in [-0.2, -0.15) is 5.26 Å². The normalized spacial score (nSPS) is 15.2. The Hall–Kier alpha value is -1.57. The molecule has 0 aliphatic heterocycles. The van der Waals surface area contributed by atoms with Gasteiger partial charge in [0, 0.05) is 11.6 Å². The first kappa shape index (κ1) is 18.5. The van der Waals surface area contributed by atoms with Crippen molar-refractivity contribution >= 4 is 17.5 Å². The molecule has 0 aliphatic rings. The highest BCUT2D eigenvalue weighted by Gasteiger charge is 2.32. The van der Waals surface area contributed by atoms with Gasteiger partial charge in [-0.05, 0) is 38.4 Å². The highest BCUT2D eigenvalue weighted by atomic mass is 35.5. The van der Waals surface area contributed by atoms with Crippen molar-refractivity contribution in [1.82, 2.24) is 10.2 Å². The first-order valence-corrected chi connectivity index (χ1v) is 7.76. The maximum atomic E-state index is 12.4. The van der Waals surface area contributed by atoms with Crippen LogP contribution in [-0.2, 0) is 11.3 Å². The summed E-state index contributed by atoms with van der Waals surface area (Å²) in [5.74, 6) is -0.130. The summed E-state index contributed by atoms with van der Waals surface area (Å²) in [4.78, 5) is 14.3. The Morgan fingerprint density at radius 1 is 1.41 bits per heavy atom. The van der Waals surface area contributed by atoms with E-state index in [0.717, 1.165) is 5.56 Å². The summed E-state index contributed by atoms with van der Waals surface area (Å²) in [6.45, 7) is 7.98. The lowest BCUT2D eigenvalue weighted by Crippen LogP contribution is -2.54. The van der Waals surface area contributed by atoms with Gasteiger partial charge in [0.2, 0.25) is 5.91 Å². The largest absolute Gasteiger partial charge is 0.336 e. The van der Waals surface area contributed by atoms with Crippen molar-refractivity contribution in [2.24, 2.45) is 5.92 Å². The molecule has 22 heavy (non-hydrogen) atoms. The number of benzene rings is 1. The Balaban J connectivity index is 2.75. The first-order valence-electron chi connectivity index (χ1n) is 7.38. The maximum absolute atomic E-state index is 12.4. The molecule has 120 valence electrons. The van der Waals surface area contributed by atoms with Gasteiger partial charge in [0.05, 0.1) is 12.1 Å². The molecular formula is C17H24ClN3O. The highest BCUT2D eigenvalue weighted by molar-refractivity contribution is 6.31. The average Bonchev–Trinajstić information content (AvgIpc) is 2.48. The molecule has 0 radical (unpaired) electrons. The monoisotopic (exact) mass is 321 g/mol. The Bertz CT molecular complexity index is 567. The van der Waals surface area contributed by atoms with Crippen LogP contribution in [0.5, 0.6) is 0 Å². The molecule has 0 bridgehead atoms. The van der Waals surface area contributed by atoms with Gasteiger partial charge in [0.15, 0.2) is 0 Å². The number of carbonyl (C=O) groups is 1. The lowest BCUT2D eigenvalue weighted by atomic mass is 9.90. The van der Waals surface area contributed by atoms with Crippen LogP contribution >= 0.6 is 11.6 Å². The molecular weight excluding hydrogens is 298 g/mol. The van der Waals surface area contributed by atoms with Crippen molar-refractivity contribution in [3.05, 3.63) is 34.9 Å². The van der Waals surface area contributed by atoms with Crippen LogP contribution in [0.25, 0.3) is 0 Å². The van der Waals surface area contributed by atoms with E-state index in [1.54, 1.807) is 6.92 Å². The zero-order valence-corrected chi connectivity index (χ0v) is 14.6. The van der Waals surface area contributed by atoms with E-state index in [1.807, 2.05) is 57.0 Å². The van der Waals surface area contributed by atoms with Crippen molar-refractivity contribution in [3.8, 4) is 6.07 Å². The summed E-state index contributed by atoms with van der Waals surface area (Å²) in [6, 6.07) is 9.41. The number of nitrogens with zero attached hydrogens (tertiary/aromatic N) is 2. The van der Waals surface area contributed by atoms with Gasteiger partial charge >= 0.3 is 0 Å². The van der Waals surface area contributed by atoms with Crippen LogP contribution < -0.4 is 5.32 Å². The van der Waals surface area contributed by atoms with E-state index >= 15 is 0 Å². The molecule has 1 N–H and O–H groups in total. The van der Waals surface area contributed by atoms with Crippen molar-refractivity contribution in [1.29, 1.82) is 5.26 Å². The number of rotatable bonds is 6. The fraction of sp³-hybridized carbons (Fsp3) is 0.529. The van der Waals surface area contributed by atoms with Crippen LogP contribution in [0.3, 0.4) is 0 Å². The van der Waals surface area contributed by atoms with Gasteiger partial charge in [-0.25, -0.2) is 0 Å². The number of halogens is 1. The second-order valence-corrected chi connectivity index (χ2v) is 6.55. The van der Waals surface area contributed by atoms with Gasteiger partial charge in [-0.1, -0.05) is 43.6 Å². The van der Waals surface area contributed by atoms with E-state index in [4.69, 9.17) is 11.6 Å².